The average molecular weight is 570 g/mol. The molecule has 2 aliphatic carbocycles. The van der Waals surface area contributed by atoms with Crippen LogP contribution in [-0.4, -0.2) is 0 Å². The Balaban J connectivity index is 1.92. The highest BCUT2D eigenvalue weighted by molar-refractivity contribution is 6.02. The SMILES string of the molecule is CC(C)=c1cc2c(c(C3=C(c4cc(C(C)(C)C)cc(C(C)(C)C)c4)C=CC3)c1C(C)(C)C)=[C]c1cc(C(C)(C)C)ccc1-2. The summed E-state index contributed by atoms with van der Waals surface area (Å²) in [6.07, 6.45) is 9.68. The normalized spacial score (nSPS) is 15.1. The Bertz CT molecular complexity index is 1770. The van der Waals surface area contributed by atoms with E-state index in [9.17, 15) is 0 Å². The lowest BCUT2D eigenvalue weighted by Gasteiger charge is -2.28. The summed E-state index contributed by atoms with van der Waals surface area (Å²) >= 11 is 0. The molecule has 3 aromatic carbocycles. The Hall–Kier alpha value is -3.12. The van der Waals surface area contributed by atoms with Gasteiger partial charge in [0, 0.05) is 0 Å². The van der Waals surface area contributed by atoms with Crippen molar-refractivity contribution in [3.63, 3.8) is 0 Å². The molecule has 2 aliphatic rings. The fourth-order valence-electron chi connectivity index (χ4n) is 6.65. The van der Waals surface area contributed by atoms with Gasteiger partial charge in [0.05, 0.1) is 0 Å². The summed E-state index contributed by atoms with van der Waals surface area (Å²) in [4.78, 5) is 0. The summed E-state index contributed by atoms with van der Waals surface area (Å²) in [6.45, 7) is 32.6. The van der Waals surface area contributed by atoms with Crippen LogP contribution in [-0.2, 0) is 21.7 Å². The highest BCUT2D eigenvalue weighted by Gasteiger charge is 2.30. The summed E-state index contributed by atoms with van der Waals surface area (Å²) in [5.41, 5.74) is 16.6. The molecule has 0 nitrogen and oxygen atoms in total. The molecule has 0 N–H and O–H groups in total. The molecule has 0 amide bonds. The molecule has 0 saturated heterocycles. The van der Waals surface area contributed by atoms with E-state index in [-0.39, 0.29) is 21.7 Å². The second kappa shape index (κ2) is 10.2. The molecule has 5 rings (SSSR count). The van der Waals surface area contributed by atoms with Crippen LogP contribution >= 0.6 is 0 Å². The van der Waals surface area contributed by atoms with Gasteiger partial charge in [0.15, 0.2) is 0 Å². The highest BCUT2D eigenvalue weighted by Crippen LogP contribution is 2.42. The van der Waals surface area contributed by atoms with Crippen LogP contribution in [0.25, 0.3) is 33.9 Å². The molecule has 43 heavy (non-hydrogen) atoms. The zero-order valence-corrected chi connectivity index (χ0v) is 29.4. The molecule has 0 aliphatic heterocycles. The highest BCUT2D eigenvalue weighted by atomic mass is 14.3. The molecule has 1 radical (unpaired) electrons. The van der Waals surface area contributed by atoms with Gasteiger partial charge in [-0.2, -0.15) is 0 Å². The third-order valence-electron chi connectivity index (χ3n) is 9.26. The summed E-state index contributed by atoms with van der Waals surface area (Å²) in [7, 11) is 0. The maximum Gasteiger partial charge on any atom is -0.000731 e. The minimum absolute atomic E-state index is 0.0332. The van der Waals surface area contributed by atoms with Crippen molar-refractivity contribution in [1.29, 1.82) is 0 Å². The first-order valence-corrected chi connectivity index (χ1v) is 16.2. The predicted molar refractivity (Wildman–Crippen MR) is 190 cm³/mol. The van der Waals surface area contributed by atoms with Crippen LogP contribution in [0.3, 0.4) is 0 Å². The van der Waals surface area contributed by atoms with E-state index in [0.717, 1.165) is 6.42 Å². The smallest absolute Gasteiger partial charge is 0.000731 e. The van der Waals surface area contributed by atoms with E-state index in [4.69, 9.17) is 0 Å². The molecule has 0 aromatic heterocycles. The molecule has 0 fully saturated rings. The van der Waals surface area contributed by atoms with Gasteiger partial charge >= 0.3 is 0 Å². The molecule has 0 unspecified atom stereocenters. The Labute approximate surface area is 262 Å². The minimum Gasteiger partial charge on any atom is -0.0795 e. The standard InChI is InChI=1S/C43H53/c1-26(2)35-25-36-33-19-18-29(40(3,4)5)20-28(33)23-37(36)38(39(35)43(12,13)14)34-17-15-16-32(34)27-21-30(41(6,7)8)24-31(22-27)42(9,10)11/h15-16,18-22,24-25H,17H2,1-14H3. The van der Waals surface area contributed by atoms with Gasteiger partial charge < -0.3 is 0 Å². The van der Waals surface area contributed by atoms with Crippen molar-refractivity contribution in [2.75, 3.05) is 0 Å². The van der Waals surface area contributed by atoms with Crippen molar-refractivity contribution >= 4 is 22.8 Å². The summed E-state index contributed by atoms with van der Waals surface area (Å²) in [5.74, 6) is 0. The maximum absolute atomic E-state index is 3.99. The topological polar surface area (TPSA) is 0 Å². The Morgan fingerprint density at radius 3 is 1.72 bits per heavy atom. The number of allylic oxidation sites excluding steroid dienone is 4. The zero-order chi connectivity index (χ0) is 31.9. The molecular weight excluding hydrogens is 516 g/mol. The van der Waals surface area contributed by atoms with Crippen LogP contribution in [0.1, 0.15) is 142 Å². The first-order chi connectivity index (χ1) is 19.7. The largest absolute Gasteiger partial charge is 0.0795 e. The molecule has 0 heterocycles. The molecule has 0 saturated carbocycles. The van der Waals surface area contributed by atoms with Gasteiger partial charge in [-0.05, 0) is 132 Å². The fourth-order valence-corrected chi connectivity index (χ4v) is 6.65. The van der Waals surface area contributed by atoms with Gasteiger partial charge in [-0.25, -0.2) is 0 Å². The molecule has 0 bridgehead atoms. The first-order valence-electron chi connectivity index (χ1n) is 16.2. The average Bonchev–Trinajstić information content (AvgIpc) is 3.49. The summed E-state index contributed by atoms with van der Waals surface area (Å²) in [6, 6.07) is 16.8. The van der Waals surface area contributed by atoms with Crippen molar-refractivity contribution in [2.45, 2.75) is 125 Å². The van der Waals surface area contributed by atoms with Gasteiger partial charge in [-0.3, -0.25) is 0 Å². The van der Waals surface area contributed by atoms with Crippen molar-refractivity contribution < 1.29 is 0 Å². The number of hydrogen-bond acceptors (Lipinski definition) is 0. The quantitative estimate of drug-likeness (QED) is 0.225. The second-order valence-electron chi connectivity index (χ2n) is 17.3. The van der Waals surface area contributed by atoms with Gasteiger partial charge in [0.2, 0.25) is 0 Å². The zero-order valence-electron chi connectivity index (χ0n) is 29.4. The van der Waals surface area contributed by atoms with E-state index in [1.807, 2.05) is 0 Å². The Morgan fingerprint density at radius 2 is 1.21 bits per heavy atom. The number of fused-ring (bicyclic) bond motifs is 3. The van der Waals surface area contributed by atoms with E-state index in [0.29, 0.717) is 0 Å². The van der Waals surface area contributed by atoms with Gasteiger partial charge in [-0.1, -0.05) is 131 Å². The fraction of sp³-hybridized carbons (Fsp3) is 0.442. The third-order valence-corrected chi connectivity index (χ3v) is 9.26. The minimum atomic E-state index is -0.0332. The predicted octanol–water partition coefficient (Wildman–Crippen LogP) is 10.6. The molecule has 0 heteroatoms. The van der Waals surface area contributed by atoms with E-state index in [1.54, 1.807) is 0 Å². The Kier molecular flexibility index (Phi) is 7.44. The van der Waals surface area contributed by atoms with Crippen LogP contribution in [0, 0.1) is 0 Å². The second-order valence-corrected chi connectivity index (χ2v) is 17.3. The molecule has 3 aromatic rings. The number of benzene rings is 3. The molecule has 0 atom stereocenters. The van der Waals surface area contributed by atoms with Crippen molar-refractivity contribution in [1.82, 2.24) is 0 Å². The molecule has 225 valence electrons. The number of rotatable bonds is 2. The van der Waals surface area contributed by atoms with Crippen LogP contribution < -0.4 is 10.4 Å². The molecule has 0 spiro atoms. The van der Waals surface area contributed by atoms with Crippen molar-refractivity contribution in [3.05, 3.63) is 104 Å². The van der Waals surface area contributed by atoms with Crippen molar-refractivity contribution in [3.8, 4) is 11.1 Å². The Morgan fingerprint density at radius 1 is 0.628 bits per heavy atom. The third kappa shape index (κ3) is 5.75. The van der Waals surface area contributed by atoms with Gasteiger partial charge in [0.25, 0.3) is 0 Å². The maximum atomic E-state index is 3.99. The van der Waals surface area contributed by atoms with E-state index < -0.39 is 0 Å². The van der Waals surface area contributed by atoms with Gasteiger partial charge in [-0.15, -0.1) is 0 Å². The van der Waals surface area contributed by atoms with Crippen LogP contribution in [0.15, 0.2) is 54.6 Å². The lowest BCUT2D eigenvalue weighted by molar-refractivity contribution is 0.568. The van der Waals surface area contributed by atoms with Crippen LogP contribution in [0.4, 0.5) is 0 Å². The van der Waals surface area contributed by atoms with Crippen LogP contribution in [0.5, 0.6) is 0 Å². The van der Waals surface area contributed by atoms with Crippen LogP contribution in [0.2, 0.25) is 0 Å². The monoisotopic (exact) mass is 569 g/mol. The lowest BCUT2D eigenvalue weighted by atomic mass is 9.76. The lowest BCUT2D eigenvalue weighted by Crippen LogP contribution is -2.31. The van der Waals surface area contributed by atoms with E-state index >= 15 is 0 Å². The van der Waals surface area contributed by atoms with Crippen molar-refractivity contribution in [2.24, 2.45) is 0 Å². The number of hydrogen-bond donors (Lipinski definition) is 0. The summed E-state index contributed by atoms with van der Waals surface area (Å²) < 4.78 is 0. The summed E-state index contributed by atoms with van der Waals surface area (Å²) in [5, 5.41) is 2.66. The van der Waals surface area contributed by atoms with Gasteiger partial charge in [0.1, 0.15) is 0 Å². The van der Waals surface area contributed by atoms with E-state index in [2.05, 4.69) is 158 Å². The van der Waals surface area contributed by atoms with E-state index in [1.165, 1.54) is 77.2 Å². The molecular formula is C43H53. The first kappa shape index (κ1) is 31.3.